The van der Waals surface area contributed by atoms with Crippen molar-refractivity contribution in [2.75, 3.05) is 12.8 Å². The molecule has 2 rings (SSSR count). The van der Waals surface area contributed by atoms with Gasteiger partial charge in [0.2, 0.25) is 0 Å². The highest BCUT2D eigenvalue weighted by Crippen LogP contribution is 2.17. The molecule has 0 saturated carbocycles. The number of thioether (sulfide) groups is 1. The maximum absolute atomic E-state index is 12.2. The van der Waals surface area contributed by atoms with E-state index in [-0.39, 0.29) is 5.91 Å². The molecule has 27 heavy (non-hydrogen) atoms. The van der Waals surface area contributed by atoms with E-state index >= 15 is 0 Å². The minimum Gasteiger partial charge on any atom is -0.481 e. The number of nitrogens with one attached hydrogen (secondary N) is 1. The van der Waals surface area contributed by atoms with E-state index in [2.05, 4.69) is 33.9 Å². The Morgan fingerprint density at radius 2 is 2.07 bits per heavy atom. The number of carbonyl (C=O) groups excluding carboxylic acids is 1. The van der Waals surface area contributed by atoms with Crippen molar-refractivity contribution in [2.24, 2.45) is 5.92 Å². The molecule has 0 bridgehead atoms. The van der Waals surface area contributed by atoms with Crippen molar-refractivity contribution in [1.29, 1.82) is 0 Å². The molecule has 1 atom stereocenters. The van der Waals surface area contributed by atoms with Crippen LogP contribution in [0, 0.1) is 12.8 Å². The van der Waals surface area contributed by atoms with Crippen molar-refractivity contribution < 1.29 is 9.53 Å². The number of carbonyl (C=O) groups is 1. The first-order valence-electron chi connectivity index (χ1n) is 9.37. The van der Waals surface area contributed by atoms with Crippen molar-refractivity contribution in [3.63, 3.8) is 0 Å². The monoisotopic (exact) mass is 390 g/mol. The average molecular weight is 391 g/mol. The number of hydrogen-bond donors (Lipinski definition) is 1. The van der Waals surface area contributed by atoms with Crippen LogP contribution < -0.4 is 10.1 Å². The average Bonchev–Trinajstić information content (AvgIpc) is 2.99. The molecule has 2 aromatic rings. The van der Waals surface area contributed by atoms with Gasteiger partial charge in [-0.3, -0.25) is 4.79 Å². The number of aryl methyl sites for hydroxylation is 2. The van der Waals surface area contributed by atoms with E-state index in [1.807, 2.05) is 37.4 Å². The summed E-state index contributed by atoms with van der Waals surface area (Å²) in [6.07, 6.45) is 3.08. The number of aromatic nitrogens is 3. The Morgan fingerprint density at radius 1 is 1.30 bits per heavy atom. The lowest BCUT2D eigenvalue weighted by atomic mass is 10.2. The second-order valence-corrected chi connectivity index (χ2v) is 7.85. The Labute approximate surface area is 166 Å². The maximum atomic E-state index is 12.2. The van der Waals surface area contributed by atoms with Gasteiger partial charge in [0.05, 0.1) is 0 Å². The van der Waals surface area contributed by atoms with Crippen LogP contribution in [-0.4, -0.2) is 39.6 Å². The van der Waals surface area contributed by atoms with Gasteiger partial charge < -0.3 is 14.6 Å². The number of rotatable bonds is 10. The molecule has 0 aliphatic heterocycles. The molecule has 0 aliphatic carbocycles. The third-order valence-electron chi connectivity index (χ3n) is 4.07. The Balaban J connectivity index is 1.79. The predicted octanol–water partition coefficient (Wildman–Crippen LogP) is 3.48. The molecule has 6 nitrogen and oxygen atoms in total. The van der Waals surface area contributed by atoms with Crippen molar-refractivity contribution >= 4 is 17.7 Å². The van der Waals surface area contributed by atoms with Crippen LogP contribution in [0.3, 0.4) is 0 Å². The summed E-state index contributed by atoms with van der Waals surface area (Å²) in [5.41, 5.74) is 1.11. The zero-order chi connectivity index (χ0) is 19.8. The molecule has 1 aromatic carbocycles. The van der Waals surface area contributed by atoms with E-state index in [9.17, 15) is 4.79 Å². The van der Waals surface area contributed by atoms with Gasteiger partial charge in [0, 0.05) is 19.5 Å². The fourth-order valence-electron chi connectivity index (χ4n) is 2.75. The summed E-state index contributed by atoms with van der Waals surface area (Å²) in [4.78, 5) is 12.2. The third kappa shape index (κ3) is 6.57. The molecular weight excluding hydrogens is 360 g/mol. The first-order chi connectivity index (χ1) is 12.9. The molecule has 0 radical (unpaired) electrons. The van der Waals surface area contributed by atoms with E-state index in [0.29, 0.717) is 18.2 Å². The molecule has 1 heterocycles. The fraction of sp³-hybridized carbons (Fsp3) is 0.550. The molecule has 1 amide bonds. The van der Waals surface area contributed by atoms with Gasteiger partial charge in [0.25, 0.3) is 5.91 Å². The van der Waals surface area contributed by atoms with E-state index in [4.69, 9.17) is 4.74 Å². The lowest BCUT2D eigenvalue weighted by Gasteiger charge is -2.15. The van der Waals surface area contributed by atoms with E-state index < -0.39 is 6.10 Å². The Hall–Kier alpha value is -2.02. The van der Waals surface area contributed by atoms with Crippen molar-refractivity contribution in [1.82, 2.24) is 20.1 Å². The van der Waals surface area contributed by atoms with Crippen LogP contribution in [0.1, 0.15) is 38.6 Å². The molecule has 7 heteroatoms. The molecule has 148 valence electrons. The SMILES string of the molecule is CSc1nnc(CCCNC(=O)C(C)Oc2cccc(C)c2)n1CC(C)C. The van der Waals surface area contributed by atoms with Crippen LogP contribution in [0.25, 0.3) is 0 Å². The summed E-state index contributed by atoms with van der Waals surface area (Å²) in [5.74, 6) is 2.12. The van der Waals surface area contributed by atoms with Gasteiger partial charge in [0.15, 0.2) is 11.3 Å². The minimum atomic E-state index is -0.528. The zero-order valence-electron chi connectivity index (χ0n) is 16.9. The first-order valence-corrected chi connectivity index (χ1v) is 10.6. The molecule has 1 N–H and O–H groups in total. The summed E-state index contributed by atoms with van der Waals surface area (Å²) in [6.45, 7) is 9.63. The lowest BCUT2D eigenvalue weighted by Crippen LogP contribution is -2.37. The van der Waals surface area contributed by atoms with Crippen LogP contribution >= 0.6 is 11.8 Å². The van der Waals surface area contributed by atoms with Crippen LogP contribution in [0.2, 0.25) is 0 Å². The molecule has 0 aliphatic rings. The molecular formula is C20H30N4O2S. The third-order valence-corrected chi connectivity index (χ3v) is 4.74. The van der Waals surface area contributed by atoms with Crippen LogP contribution in [-0.2, 0) is 17.8 Å². The zero-order valence-corrected chi connectivity index (χ0v) is 17.7. The summed E-state index contributed by atoms with van der Waals surface area (Å²) < 4.78 is 7.89. The summed E-state index contributed by atoms with van der Waals surface area (Å²) in [5, 5.41) is 12.5. The second-order valence-electron chi connectivity index (χ2n) is 7.08. The Morgan fingerprint density at radius 3 is 2.74 bits per heavy atom. The number of amides is 1. The highest BCUT2D eigenvalue weighted by atomic mass is 32.2. The predicted molar refractivity (Wildman–Crippen MR) is 109 cm³/mol. The standard InChI is InChI=1S/C20H30N4O2S/c1-14(2)13-24-18(22-23-20(24)27-5)10-7-11-21-19(25)16(4)26-17-9-6-8-15(3)12-17/h6,8-9,12,14,16H,7,10-11,13H2,1-5H3,(H,21,25). The van der Waals surface area contributed by atoms with Gasteiger partial charge in [-0.2, -0.15) is 0 Å². The number of nitrogens with zero attached hydrogens (tertiary/aromatic N) is 3. The van der Waals surface area contributed by atoms with Gasteiger partial charge in [-0.25, -0.2) is 0 Å². The van der Waals surface area contributed by atoms with Gasteiger partial charge in [-0.15, -0.1) is 10.2 Å². The highest BCUT2D eigenvalue weighted by molar-refractivity contribution is 7.98. The summed E-state index contributed by atoms with van der Waals surface area (Å²) in [6, 6.07) is 7.71. The molecule has 1 unspecified atom stereocenters. The smallest absolute Gasteiger partial charge is 0.260 e. The molecule has 1 aromatic heterocycles. The van der Waals surface area contributed by atoms with Crippen molar-refractivity contribution in [3.05, 3.63) is 35.7 Å². The number of ether oxygens (including phenoxy) is 1. The van der Waals surface area contributed by atoms with Crippen molar-refractivity contribution in [2.45, 2.75) is 58.3 Å². The summed E-state index contributed by atoms with van der Waals surface area (Å²) >= 11 is 1.61. The molecule has 0 fully saturated rings. The largest absolute Gasteiger partial charge is 0.481 e. The second kappa shape index (κ2) is 10.3. The van der Waals surface area contributed by atoms with Crippen molar-refractivity contribution in [3.8, 4) is 5.75 Å². The quantitative estimate of drug-likeness (QED) is 0.497. The Bertz CT molecular complexity index is 745. The number of hydrogen-bond acceptors (Lipinski definition) is 5. The van der Waals surface area contributed by atoms with E-state index in [1.165, 1.54) is 0 Å². The van der Waals surface area contributed by atoms with Gasteiger partial charge in [-0.05, 0) is 50.1 Å². The van der Waals surface area contributed by atoms with E-state index in [0.717, 1.165) is 35.9 Å². The van der Waals surface area contributed by atoms with E-state index in [1.54, 1.807) is 18.7 Å². The highest BCUT2D eigenvalue weighted by Gasteiger charge is 2.15. The minimum absolute atomic E-state index is 0.107. The first kappa shape index (κ1) is 21.3. The normalized spacial score (nSPS) is 12.2. The maximum Gasteiger partial charge on any atom is 0.260 e. The van der Waals surface area contributed by atoms with Crippen LogP contribution in [0.15, 0.2) is 29.4 Å². The summed E-state index contributed by atoms with van der Waals surface area (Å²) in [7, 11) is 0. The van der Waals surface area contributed by atoms with Gasteiger partial charge in [0.1, 0.15) is 11.6 Å². The van der Waals surface area contributed by atoms with Crippen LogP contribution in [0.5, 0.6) is 5.75 Å². The topological polar surface area (TPSA) is 69.0 Å². The lowest BCUT2D eigenvalue weighted by molar-refractivity contribution is -0.127. The molecule has 0 spiro atoms. The fourth-order valence-corrected chi connectivity index (χ4v) is 3.27. The van der Waals surface area contributed by atoms with Gasteiger partial charge >= 0.3 is 0 Å². The van der Waals surface area contributed by atoms with Gasteiger partial charge in [-0.1, -0.05) is 37.7 Å². The Kier molecular flexibility index (Phi) is 8.16. The molecule has 0 saturated heterocycles. The number of benzene rings is 1. The van der Waals surface area contributed by atoms with Crippen LogP contribution in [0.4, 0.5) is 0 Å².